The normalized spacial score (nSPS) is 8.80. The Kier molecular flexibility index (Phi) is 1.95. The molecule has 10 heavy (non-hydrogen) atoms. The molecule has 1 rings (SSSR count). The van der Waals surface area contributed by atoms with Gasteiger partial charge in [-0.2, -0.15) is 0 Å². The Morgan fingerprint density at radius 2 is 2.40 bits per heavy atom. The molecule has 0 aromatic carbocycles. The summed E-state index contributed by atoms with van der Waals surface area (Å²) in [5, 5.41) is 0. The van der Waals surface area contributed by atoms with E-state index in [0.717, 1.165) is 11.3 Å². The van der Waals surface area contributed by atoms with Crippen molar-refractivity contribution in [3.63, 3.8) is 0 Å². The quantitative estimate of drug-likeness (QED) is 0.565. The summed E-state index contributed by atoms with van der Waals surface area (Å²) in [7, 11) is 0. The molecule has 0 atom stereocenters. The van der Waals surface area contributed by atoms with E-state index < -0.39 is 0 Å². The van der Waals surface area contributed by atoms with Crippen molar-refractivity contribution in [2.75, 3.05) is 0 Å². The molecule has 50 valence electrons. The second-order valence-corrected chi connectivity index (χ2v) is 1.80. The van der Waals surface area contributed by atoms with E-state index in [4.69, 9.17) is 0 Å². The number of nitrogens with zero attached hydrogens (tertiary/aromatic N) is 2. The third kappa shape index (κ3) is 1.10. The van der Waals surface area contributed by atoms with Crippen molar-refractivity contribution in [2.24, 2.45) is 4.99 Å². The molecule has 2 nitrogen and oxygen atoms in total. The van der Waals surface area contributed by atoms with E-state index in [-0.39, 0.29) is 0 Å². The summed E-state index contributed by atoms with van der Waals surface area (Å²) in [6.45, 7) is 7.03. The van der Waals surface area contributed by atoms with Crippen LogP contribution in [-0.2, 0) is 0 Å². The van der Waals surface area contributed by atoms with Gasteiger partial charge in [0.15, 0.2) is 0 Å². The van der Waals surface area contributed by atoms with Crippen LogP contribution in [-0.4, -0.2) is 11.7 Å². The maximum Gasteiger partial charge on any atom is 0.0725 e. The van der Waals surface area contributed by atoms with Crippen LogP contribution in [0.5, 0.6) is 0 Å². The smallest absolute Gasteiger partial charge is 0.0725 e. The molecule has 1 heterocycles. The van der Waals surface area contributed by atoms with E-state index in [9.17, 15) is 0 Å². The first-order chi connectivity index (χ1) is 4.88. The Balaban J connectivity index is 3.20. The first kappa shape index (κ1) is 6.68. The van der Waals surface area contributed by atoms with Gasteiger partial charge in [0, 0.05) is 18.0 Å². The number of hydrogen-bond donors (Lipinski definition) is 0. The van der Waals surface area contributed by atoms with Crippen LogP contribution in [0.15, 0.2) is 30.0 Å². The van der Waals surface area contributed by atoms with Gasteiger partial charge < -0.3 is 0 Å². The van der Waals surface area contributed by atoms with Crippen molar-refractivity contribution in [2.45, 2.75) is 0 Å². The van der Waals surface area contributed by atoms with Gasteiger partial charge in [0.1, 0.15) is 0 Å². The van der Waals surface area contributed by atoms with E-state index >= 15 is 0 Å². The van der Waals surface area contributed by atoms with Crippen molar-refractivity contribution >= 4 is 18.5 Å². The second kappa shape index (κ2) is 2.92. The third-order valence-corrected chi connectivity index (χ3v) is 1.22. The van der Waals surface area contributed by atoms with E-state index in [0.29, 0.717) is 0 Å². The summed E-state index contributed by atoms with van der Waals surface area (Å²) >= 11 is 0. The summed E-state index contributed by atoms with van der Waals surface area (Å²) in [5.41, 5.74) is 1.74. The van der Waals surface area contributed by atoms with Gasteiger partial charge in [-0.05, 0) is 12.8 Å². The molecule has 2 heteroatoms. The maximum absolute atomic E-state index is 3.91. The van der Waals surface area contributed by atoms with Crippen molar-refractivity contribution in [3.05, 3.63) is 30.6 Å². The predicted molar refractivity (Wildman–Crippen MR) is 43.5 cm³/mol. The van der Waals surface area contributed by atoms with E-state index in [1.807, 2.05) is 0 Å². The van der Waals surface area contributed by atoms with Gasteiger partial charge in [0.25, 0.3) is 0 Å². The number of rotatable bonds is 2. The zero-order chi connectivity index (χ0) is 7.40. The van der Waals surface area contributed by atoms with Crippen LogP contribution >= 0.6 is 0 Å². The first-order valence-electron chi connectivity index (χ1n) is 2.91. The molecule has 0 unspecified atom stereocenters. The van der Waals surface area contributed by atoms with Crippen LogP contribution in [0.4, 0.5) is 5.69 Å². The summed E-state index contributed by atoms with van der Waals surface area (Å²) in [5.74, 6) is 0. The molecule has 1 aromatic heterocycles. The van der Waals surface area contributed by atoms with Crippen LogP contribution < -0.4 is 0 Å². The van der Waals surface area contributed by atoms with Gasteiger partial charge in [-0.15, -0.1) is 0 Å². The highest BCUT2D eigenvalue weighted by atomic mass is 14.7. The van der Waals surface area contributed by atoms with Crippen molar-refractivity contribution in [1.82, 2.24) is 4.98 Å². The number of aliphatic imine (C=N–C) groups is 1. The Morgan fingerprint density at radius 1 is 1.60 bits per heavy atom. The Morgan fingerprint density at radius 3 is 2.90 bits per heavy atom. The third-order valence-electron chi connectivity index (χ3n) is 1.22. The van der Waals surface area contributed by atoms with Crippen LogP contribution in [0, 0.1) is 0 Å². The fraction of sp³-hybridized carbons (Fsp3) is 0. The van der Waals surface area contributed by atoms with E-state index in [1.165, 1.54) is 0 Å². The highest BCUT2D eigenvalue weighted by Crippen LogP contribution is 2.16. The lowest BCUT2D eigenvalue weighted by molar-refractivity contribution is 1.30. The van der Waals surface area contributed by atoms with Crippen molar-refractivity contribution in [1.29, 1.82) is 0 Å². The molecule has 0 saturated carbocycles. The number of aromatic nitrogens is 1. The van der Waals surface area contributed by atoms with Gasteiger partial charge in [0.2, 0.25) is 0 Å². The van der Waals surface area contributed by atoms with Crippen molar-refractivity contribution in [3.8, 4) is 0 Å². The summed E-state index contributed by atoms with van der Waals surface area (Å²) in [4.78, 5) is 7.69. The molecule has 0 bridgehead atoms. The Hall–Kier alpha value is -1.44. The monoisotopic (exact) mass is 132 g/mol. The second-order valence-electron chi connectivity index (χ2n) is 1.80. The fourth-order valence-electron chi connectivity index (χ4n) is 0.701. The molecule has 0 saturated heterocycles. The first-order valence-corrected chi connectivity index (χ1v) is 2.91. The number of pyridine rings is 1. The molecule has 0 spiro atoms. The van der Waals surface area contributed by atoms with Gasteiger partial charge in [0.05, 0.1) is 5.69 Å². The molecular weight excluding hydrogens is 124 g/mol. The van der Waals surface area contributed by atoms with Gasteiger partial charge in [-0.1, -0.05) is 12.7 Å². The molecule has 0 amide bonds. The van der Waals surface area contributed by atoms with Crippen LogP contribution in [0.1, 0.15) is 5.56 Å². The molecule has 0 radical (unpaired) electrons. The minimum atomic E-state index is 0.824. The maximum atomic E-state index is 3.91. The predicted octanol–water partition coefficient (Wildman–Crippen LogP) is 2.06. The highest BCUT2D eigenvalue weighted by molar-refractivity contribution is 5.63. The SMILES string of the molecule is C=Cc1cnccc1N=C. The minimum Gasteiger partial charge on any atom is -0.264 e. The van der Waals surface area contributed by atoms with Crippen molar-refractivity contribution < 1.29 is 0 Å². The lowest BCUT2D eigenvalue weighted by atomic mass is 10.2. The molecule has 0 aliphatic heterocycles. The van der Waals surface area contributed by atoms with E-state index in [2.05, 4.69) is 23.3 Å². The van der Waals surface area contributed by atoms with Gasteiger partial charge >= 0.3 is 0 Å². The average Bonchev–Trinajstić information content (AvgIpc) is 2.04. The number of hydrogen-bond acceptors (Lipinski definition) is 2. The molecule has 0 N–H and O–H groups in total. The molecule has 0 aliphatic rings. The molecular formula is C8H8N2. The topological polar surface area (TPSA) is 25.2 Å². The molecule has 1 aromatic rings. The average molecular weight is 132 g/mol. The van der Waals surface area contributed by atoms with Crippen LogP contribution in [0.3, 0.4) is 0 Å². The lowest BCUT2D eigenvalue weighted by Gasteiger charge is -1.95. The highest BCUT2D eigenvalue weighted by Gasteiger charge is 1.91. The van der Waals surface area contributed by atoms with E-state index in [1.54, 1.807) is 24.5 Å². The standard InChI is InChI=1S/C8H8N2/c1-3-7-6-10-5-4-8(7)9-2/h3-6H,1-2H2. The summed E-state index contributed by atoms with van der Waals surface area (Å²) in [6, 6.07) is 1.80. The Labute approximate surface area is 60.0 Å². The van der Waals surface area contributed by atoms with Gasteiger partial charge in [-0.25, -0.2) is 0 Å². The minimum absolute atomic E-state index is 0.824. The molecule has 0 aliphatic carbocycles. The fourth-order valence-corrected chi connectivity index (χ4v) is 0.701. The van der Waals surface area contributed by atoms with Crippen LogP contribution in [0.25, 0.3) is 6.08 Å². The molecule has 0 fully saturated rings. The summed E-state index contributed by atoms with van der Waals surface area (Å²) in [6.07, 6.45) is 5.09. The van der Waals surface area contributed by atoms with Crippen LogP contribution in [0.2, 0.25) is 0 Å². The van der Waals surface area contributed by atoms with Gasteiger partial charge in [-0.3, -0.25) is 9.98 Å². The largest absolute Gasteiger partial charge is 0.264 e. The lowest BCUT2D eigenvalue weighted by Crippen LogP contribution is -1.74. The Bertz CT molecular complexity index is 226. The zero-order valence-corrected chi connectivity index (χ0v) is 5.62. The zero-order valence-electron chi connectivity index (χ0n) is 5.62. The summed E-state index contributed by atoms with van der Waals surface area (Å²) < 4.78 is 0.